The molecule has 0 spiro atoms. The summed E-state index contributed by atoms with van der Waals surface area (Å²) in [5.41, 5.74) is 0.829. The zero-order valence-corrected chi connectivity index (χ0v) is 7.60. The van der Waals surface area contributed by atoms with E-state index in [1.165, 1.54) is 12.8 Å². The topological polar surface area (TPSA) is 37.8 Å². The number of aromatic nitrogens is 2. The third-order valence-electron chi connectivity index (χ3n) is 1.83. The van der Waals surface area contributed by atoms with Crippen molar-refractivity contribution >= 4 is 17.5 Å². The average molecular weight is 184 g/mol. The van der Waals surface area contributed by atoms with Gasteiger partial charge in [-0.25, -0.2) is 9.97 Å². The van der Waals surface area contributed by atoms with E-state index in [4.69, 9.17) is 11.6 Å². The second-order valence-corrected chi connectivity index (χ2v) is 3.45. The highest BCUT2D eigenvalue weighted by atomic mass is 35.5. The molecular weight excluding hydrogens is 174 g/mol. The molecule has 0 radical (unpaired) electrons. The molecule has 12 heavy (non-hydrogen) atoms. The first-order valence-corrected chi connectivity index (χ1v) is 4.39. The maximum Gasteiger partial charge on any atom is 0.223 e. The fourth-order valence-corrected chi connectivity index (χ4v) is 1.02. The highest BCUT2D eigenvalue weighted by molar-refractivity contribution is 6.31. The Morgan fingerprint density at radius 2 is 2.33 bits per heavy atom. The molecule has 1 N–H and O–H groups in total. The fourth-order valence-electron chi connectivity index (χ4n) is 0.932. The van der Waals surface area contributed by atoms with Gasteiger partial charge in [0.2, 0.25) is 5.95 Å². The molecule has 3 nitrogen and oxygen atoms in total. The zero-order chi connectivity index (χ0) is 8.55. The van der Waals surface area contributed by atoms with E-state index in [-0.39, 0.29) is 0 Å². The molecule has 1 heterocycles. The number of halogens is 1. The Morgan fingerprint density at radius 1 is 1.58 bits per heavy atom. The van der Waals surface area contributed by atoms with Gasteiger partial charge >= 0.3 is 0 Å². The molecule has 0 unspecified atom stereocenters. The summed E-state index contributed by atoms with van der Waals surface area (Å²) in [6.07, 6.45) is 4.09. The molecule has 0 bridgehead atoms. The van der Waals surface area contributed by atoms with E-state index >= 15 is 0 Å². The van der Waals surface area contributed by atoms with Crippen molar-refractivity contribution in [2.75, 3.05) is 5.32 Å². The fraction of sp³-hybridized carbons (Fsp3) is 0.500. The van der Waals surface area contributed by atoms with Crippen LogP contribution in [0.3, 0.4) is 0 Å². The van der Waals surface area contributed by atoms with Gasteiger partial charge in [0, 0.05) is 6.04 Å². The van der Waals surface area contributed by atoms with Crippen LogP contribution in [0.2, 0.25) is 5.02 Å². The summed E-state index contributed by atoms with van der Waals surface area (Å²) in [5, 5.41) is 3.82. The molecule has 1 aromatic heterocycles. The third-order valence-corrected chi connectivity index (χ3v) is 2.20. The molecule has 1 aliphatic rings. The van der Waals surface area contributed by atoms with Crippen LogP contribution in [-0.2, 0) is 0 Å². The molecule has 0 atom stereocenters. The Labute approximate surface area is 76.2 Å². The van der Waals surface area contributed by atoms with E-state index in [1.807, 2.05) is 6.92 Å². The molecular formula is C8H10ClN3. The first kappa shape index (κ1) is 7.80. The number of hydrogen-bond acceptors (Lipinski definition) is 3. The summed E-state index contributed by atoms with van der Waals surface area (Å²) >= 11 is 5.78. The summed E-state index contributed by atoms with van der Waals surface area (Å²) in [7, 11) is 0. The molecule has 4 heteroatoms. The molecule has 0 aliphatic heterocycles. The lowest BCUT2D eigenvalue weighted by molar-refractivity contribution is 1.03. The third kappa shape index (κ3) is 1.67. The number of anilines is 1. The Kier molecular flexibility index (Phi) is 1.89. The van der Waals surface area contributed by atoms with Crippen molar-refractivity contribution in [1.82, 2.24) is 9.97 Å². The molecule has 1 saturated carbocycles. The number of aryl methyl sites for hydroxylation is 1. The van der Waals surface area contributed by atoms with Gasteiger partial charge in [-0.15, -0.1) is 0 Å². The summed E-state index contributed by atoms with van der Waals surface area (Å²) in [6, 6.07) is 0.588. The number of nitrogens with zero attached hydrogens (tertiary/aromatic N) is 2. The number of nitrogens with one attached hydrogen (secondary N) is 1. The monoisotopic (exact) mass is 183 g/mol. The highest BCUT2D eigenvalue weighted by Crippen LogP contribution is 2.23. The average Bonchev–Trinajstić information content (AvgIpc) is 2.81. The highest BCUT2D eigenvalue weighted by Gasteiger charge is 2.21. The SMILES string of the molecule is Cc1nc(NC2CC2)ncc1Cl. The lowest BCUT2D eigenvalue weighted by atomic mass is 10.4. The van der Waals surface area contributed by atoms with Crippen LogP contribution in [0.15, 0.2) is 6.20 Å². The molecule has 64 valence electrons. The molecule has 0 amide bonds. The Hall–Kier alpha value is -0.830. The van der Waals surface area contributed by atoms with Crippen molar-refractivity contribution < 1.29 is 0 Å². The van der Waals surface area contributed by atoms with Crippen LogP contribution in [0.5, 0.6) is 0 Å². The predicted molar refractivity (Wildman–Crippen MR) is 48.4 cm³/mol. The summed E-state index contributed by atoms with van der Waals surface area (Å²) < 4.78 is 0. The van der Waals surface area contributed by atoms with E-state index < -0.39 is 0 Å². The van der Waals surface area contributed by atoms with Gasteiger partial charge in [0.1, 0.15) is 0 Å². The van der Waals surface area contributed by atoms with E-state index in [0.29, 0.717) is 17.0 Å². The normalized spacial score (nSPS) is 16.2. The van der Waals surface area contributed by atoms with Crippen LogP contribution in [0.4, 0.5) is 5.95 Å². The minimum absolute atomic E-state index is 0.588. The van der Waals surface area contributed by atoms with E-state index in [0.717, 1.165) is 5.69 Å². The predicted octanol–water partition coefficient (Wildman–Crippen LogP) is 2.01. The van der Waals surface area contributed by atoms with Crippen molar-refractivity contribution in [3.63, 3.8) is 0 Å². The quantitative estimate of drug-likeness (QED) is 0.763. The maximum absolute atomic E-state index is 5.78. The summed E-state index contributed by atoms with van der Waals surface area (Å²) in [6.45, 7) is 1.88. The zero-order valence-electron chi connectivity index (χ0n) is 6.84. The van der Waals surface area contributed by atoms with Crippen LogP contribution in [0.25, 0.3) is 0 Å². The van der Waals surface area contributed by atoms with Crippen LogP contribution >= 0.6 is 11.6 Å². The summed E-state index contributed by atoms with van der Waals surface area (Å²) in [4.78, 5) is 8.26. The van der Waals surface area contributed by atoms with Gasteiger partial charge in [0.05, 0.1) is 16.9 Å². The van der Waals surface area contributed by atoms with E-state index in [2.05, 4.69) is 15.3 Å². The van der Waals surface area contributed by atoms with Crippen molar-refractivity contribution in [2.24, 2.45) is 0 Å². The molecule has 1 aliphatic carbocycles. The Morgan fingerprint density at radius 3 is 2.92 bits per heavy atom. The summed E-state index contributed by atoms with van der Waals surface area (Å²) in [5.74, 6) is 0.694. The van der Waals surface area contributed by atoms with Crippen LogP contribution in [0.1, 0.15) is 18.5 Å². The van der Waals surface area contributed by atoms with Crippen LogP contribution < -0.4 is 5.32 Å². The largest absolute Gasteiger partial charge is 0.351 e. The Balaban J connectivity index is 2.15. The van der Waals surface area contributed by atoms with E-state index in [1.54, 1.807) is 6.20 Å². The van der Waals surface area contributed by atoms with Crippen molar-refractivity contribution in [3.8, 4) is 0 Å². The Bertz CT molecular complexity index is 296. The standard InChI is InChI=1S/C8H10ClN3/c1-5-7(9)4-10-8(11-5)12-6-2-3-6/h4,6H,2-3H2,1H3,(H,10,11,12). The van der Waals surface area contributed by atoms with Gasteiger partial charge < -0.3 is 5.32 Å². The second kappa shape index (κ2) is 2.90. The van der Waals surface area contributed by atoms with E-state index in [9.17, 15) is 0 Å². The van der Waals surface area contributed by atoms with Gasteiger partial charge in [-0.3, -0.25) is 0 Å². The minimum atomic E-state index is 0.588. The van der Waals surface area contributed by atoms with Crippen molar-refractivity contribution in [2.45, 2.75) is 25.8 Å². The lowest BCUT2D eigenvalue weighted by Gasteiger charge is -2.02. The van der Waals surface area contributed by atoms with Gasteiger partial charge in [0.15, 0.2) is 0 Å². The molecule has 2 rings (SSSR count). The van der Waals surface area contributed by atoms with Crippen molar-refractivity contribution in [3.05, 3.63) is 16.9 Å². The van der Waals surface area contributed by atoms with Gasteiger partial charge in [0.25, 0.3) is 0 Å². The minimum Gasteiger partial charge on any atom is -0.351 e. The van der Waals surface area contributed by atoms with Gasteiger partial charge in [-0.2, -0.15) is 0 Å². The van der Waals surface area contributed by atoms with Gasteiger partial charge in [-0.05, 0) is 19.8 Å². The first-order chi connectivity index (χ1) is 5.75. The molecule has 1 aromatic rings. The number of hydrogen-bond donors (Lipinski definition) is 1. The molecule has 1 fully saturated rings. The first-order valence-electron chi connectivity index (χ1n) is 4.01. The van der Waals surface area contributed by atoms with Gasteiger partial charge in [-0.1, -0.05) is 11.6 Å². The molecule has 0 saturated heterocycles. The number of rotatable bonds is 2. The lowest BCUT2D eigenvalue weighted by Crippen LogP contribution is -2.05. The van der Waals surface area contributed by atoms with Crippen LogP contribution in [0, 0.1) is 6.92 Å². The molecule has 0 aromatic carbocycles. The maximum atomic E-state index is 5.78. The smallest absolute Gasteiger partial charge is 0.223 e. The van der Waals surface area contributed by atoms with Crippen LogP contribution in [-0.4, -0.2) is 16.0 Å². The van der Waals surface area contributed by atoms with Crippen molar-refractivity contribution in [1.29, 1.82) is 0 Å². The second-order valence-electron chi connectivity index (χ2n) is 3.05.